The molecule has 0 bridgehead atoms. The van der Waals surface area contributed by atoms with Gasteiger partial charge in [0.15, 0.2) is 5.82 Å². The minimum absolute atomic E-state index is 0.0926. The third-order valence-corrected chi connectivity index (χ3v) is 4.79. The Morgan fingerprint density at radius 2 is 2.18 bits per heavy atom. The number of carbonyl (C=O) groups is 1. The van der Waals surface area contributed by atoms with Gasteiger partial charge in [0.05, 0.1) is 6.04 Å². The first-order valence-corrected chi connectivity index (χ1v) is 8.09. The zero-order chi connectivity index (χ0) is 16.1. The van der Waals surface area contributed by atoms with Crippen LogP contribution < -0.4 is 10.6 Å². The maximum absolute atomic E-state index is 12.4. The summed E-state index contributed by atoms with van der Waals surface area (Å²) in [5.41, 5.74) is 6.07. The lowest BCUT2D eigenvalue weighted by atomic mass is 9.97. The number of amides is 1. The maximum atomic E-state index is 12.4. The summed E-state index contributed by atoms with van der Waals surface area (Å²) >= 11 is 0. The average Bonchev–Trinajstić information content (AvgIpc) is 2.60. The normalized spacial score (nSPS) is 18.8. The Hall–Kier alpha value is -1.69. The predicted octanol–water partition coefficient (Wildman–Crippen LogP) is 1.28. The van der Waals surface area contributed by atoms with Crippen LogP contribution in [0.2, 0.25) is 0 Å². The molecule has 1 aromatic heterocycles. The molecule has 1 aliphatic rings. The van der Waals surface area contributed by atoms with Crippen molar-refractivity contribution in [3.8, 4) is 0 Å². The second-order valence-corrected chi connectivity index (χ2v) is 6.16. The molecule has 2 unspecified atom stereocenters. The molecule has 2 heterocycles. The van der Waals surface area contributed by atoms with Crippen LogP contribution in [0.15, 0.2) is 18.3 Å². The van der Waals surface area contributed by atoms with E-state index in [1.807, 2.05) is 31.0 Å². The monoisotopic (exact) mass is 305 g/mol. The molecule has 1 amide bonds. The summed E-state index contributed by atoms with van der Waals surface area (Å²) in [6, 6.07) is 3.87. The van der Waals surface area contributed by atoms with E-state index in [4.69, 9.17) is 5.73 Å². The molecular weight excluding hydrogens is 278 g/mol. The summed E-state index contributed by atoms with van der Waals surface area (Å²) in [5.74, 6) is 1.20. The molecule has 0 aliphatic carbocycles. The Labute approximate surface area is 132 Å². The van der Waals surface area contributed by atoms with Crippen molar-refractivity contribution in [2.75, 3.05) is 25.0 Å². The fourth-order valence-corrected chi connectivity index (χ4v) is 2.85. The number of hydrogen-bond donors (Lipinski definition) is 1. The van der Waals surface area contributed by atoms with Gasteiger partial charge in [-0.1, -0.05) is 20.3 Å². The van der Waals surface area contributed by atoms with Crippen LogP contribution in [0.25, 0.3) is 0 Å². The van der Waals surface area contributed by atoms with E-state index in [2.05, 4.69) is 22.0 Å². The fourth-order valence-electron chi connectivity index (χ4n) is 2.85. The van der Waals surface area contributed by atoms with E-state index in [1.54, 1.807) is 6.20 Å². The van der Waals surface area contributed by atoms with Crippen LogP contribution in [0.4, 0.5) is 5.82 Å². The van der Waals surface area contributed by atoms with E-state index < -0.39 is 0 Å². The van der Waals surface area contributed by atoms with Crippen molar-refractivity contribution in [2.24, 2.45) is 11.7 Å². The summed E-state index contributed by atoms with van der Waals surface area (Å²) < 4.78 is 0. The summed E-state index contributed by atoms with van der Waals surface area (Å²) in [5, 5.41) is 8.07. The van der Waals surface area contributed by atoms with Crippen LogP contribution in [0.3, 0.4) is 0 Å². The van der Waals surface area contributed by atoms with Crippen molar-refractivity contribution in [3.63, 3.8) is 0 Å². The lowest BCUT2D eigenvalue weighted by Gasteiger charge is -2.38. The molecule has 22 heavy (non-hydrogen) atoms. The topological polar surface area (TPSA) is 75.4 Å². The first kappa shape index (κ1) is 16.7. The molecule has 1 saturated heterocycles. The van der Waals surface area contributed by atoms with Crippen molar-refractivity contribution in [1.29, 1.82) is 0 Å². The zero-order valence-electron chi connectivity index (χ0n) is 13.8. The molecule has 6 nitrogen and oxygen atoms in total. The number of likely N-dealkylation sites (tertiary alicyclic amines) is 1. The predicted molar refractivity (Wildman–Crippen MR) is 87.5 cm³/mol. The van der Waals surface area contributed by atoms with E-state index >= 15 is 0 Å². The van der Waals surface area contributed by atoms with Crippen LogP contribution in [0, 0.1) is 5.92 Å². The maximum Gasteiger partial charge on any atom is 0.239 e. The highest BCUT2D eigenvalue weighted by atomic mass is 16.2. The summed E-state index contributed by atoms with van der Waals surface area (Å²) in [6.07, 6.45) is 4.48. The number of nitrogens with two attached hydrogens (primary N) is 1. The quantitative estimate of drug-likeness (QED) is 0.887. The Morgan fingerprint density at radius 1 is 1.50 bits per heavy atom. The molecule has 2 rings (SSSR count). The second-order valence-electron chi connectivity index (χ2n) is 6.16. The molecule has 0 saturated carbocycles. The van der Waals surface area contributed by atoms with Gasteiger partial charge in [-0.25, -0.2) is 0 Å². The zero-order valence-corrected chi connectivity index (χ0v) is 13.8. The van der Waals surface area contributed by atoms with Gasteiger partial charge in [-0.15, -0.1) is 5.10 Å². The van der Waals surface area contributed by atoms with Gasteiger partial charge in [-0.3, -0.25) is 4.79 Å². The average molecular weight is 305 g/mol. The van der Waals surface area contributed by atoms with Crippen LogP contribution in [-0.4, -0.2) is 53.2 Å². The fraction of sp³-hybridized carbons (Fsp3) is 0.688. The molecule has 1 aromatic rings. The smallest absolute Gasteiger partial charge is 0.239 e. The number of piperidine rings is 1. The first-order valence-electron chi connectivity index (χ1n) is 8.09. The van der Waals surface area contributed by atoms with Gasteiger partial charge in [0.1, 0.15) is 0 Å². The Balaban J connectivity index is 1.89. The largest absolute Gasteiger partial charge is 0.355 e. The van der Waals surface area contributed by atoms with Crippen molar-refractivity contribution >= 4 is 11.7 Å². The highest BCUT2D eigenvalue weighted by Crippen LogP contribution is 2.21. The van der Waals surface area contributed by atoms with Crippen LogP contribution in [-0.2, 0) is 4.79 Å². The number of rotatable bonds is 5. The number of carbonyl (C=O) groups excluding carboxylic acids is 1. The van der Waals surface area contributed by atoms with Crippen molar-refractivity contribution in [3.05, 3.63) is 18.3 Å². The van der Waals surface area contributed by atoms with Crippen molar-refractivity contribution in [2.45, 2.75) is 45.2 Å². The molecule has 122 valence electrons. The molecule has 2 N–H and O–H groups in total. The van der Waals surface area contributed by atoms with Crippen molar-refractivity contribution in [1.82, 2.24) is 15.1 Å². The molecule has 0 radical (unpaired) electrons. The lowest BCUT2D eigenvalue weighted by Crippen LogP contribution is -2.52. The molecule has 1 aliphatic heterocycles. The lowest BCUT2D eigenvalue weighted by molar-refractivity contribution is -0.134. The minimum atomic E-state index is -0.376. The minimum Gasteiger partial charge on any atom is -0.355 e. The van der Waals surface area contributed by atoms with Gasteiger partial charge < -0.3 is 15.5 Å². The van der Waals surface area contributed by atoms with Crippen molar-refractivity contribution < 1.29 is 4.79 Å². The second kappa shape index (κ2) is 7.54. The summed E-state index contributed by atoms with van der Waals surface area (Å²) in [4.78, 5) is 16.5. The van der Waals surface area contributed by atoms with Gasteiger partial charge in [0.2, 0.25) is 5.91 Å². The Morgan fingerprint density at radius 3 is 2.73 bits per heavy atom. The number of nitrogens with zero attached hydrogens (tertiary/aromatic N) is 4. The SMILES string of the molecule is CCC(C)C(N)C(=O)N1CCC(N(C)c2cccnn2)CC1. The van der Waals surface area contributed by atoms with E-state index in [9.17, 15) is 4.79 Å². The number of aromatic nitrogens is 2. The first-order chi connectivity index (χ1) is 10.5. The van der Waals surface area contributed by atoms with E-state index in [-0.39, 0.29) is 17.9 Å². The molecule has 1 fully saturated rings. The van der Waals surface area contributed by atoms with Crippen LogP contribution in [0.1, 0.15) is 33.1 Å². The van der Waals surface area contributed by atoms with Gasteiger partial charge in [-0.2, -0.15) is 5.10 Å². The van der Waals surface area contributed by atoms with Crippen LogP contribution >= 0.6 is 0 Å². The highest BCUT2D eigenvalue weighted by Gasteiger charge is 2.30. The summed E-state index contributed by atoms with van der Waals surface area (Å²) in [6.45, 7) is 5.63. The standard InChI is InChI=1S/C16H27N5O/c1-4-12(2)15(17)16(22)21-10-7-13(8-11-21)20(3)14-6-5-9-18-19-14/h5-6,9,12-13,15H,4,7-8,10-11,17H2,1-3H3. The summed E-state index contributed by atoms with van der Waals surface area (Å²) in [7, 11) is 2.04. The van der Waals surface area contributed by atoms with E-state index in [0.29, 0.717) is 6.04 Å². The molecule has 2 atom stereocenters. The number of hydrogen-bond acceptors (Lipinski definition) is 5. The van der Waals surface area contributed by atoms with Crippen LogP contribution in [0.5, 0.6) is 0 Å². The third kappa shape index (κ3) is 3.74. The Bertz CT molecular complexity index is 473. The van der Waals surface area contributed by atoms with Gasteiger partial charge >= 0.3 is 0 Å². The molecule has 0 spiro atoms. The Kier molecular flexibility index (Phi) is 5.71. The van der Waals surface area contributed by atoms with E-state index in [1.165, 1.54) is 0 Å². The number of anilines is 1. The van der Waals surface area contributed by atoms with Gasteiger partial charge in [0, 0.05) is 32.4 Å². The van der Waals surface area contributed by atoms with E-state index in [0.717, 1.165) is 38.2 Å². The molecule has 6 heteroatoms. The molecule has 0 aromatic carbocycles. The third-order valence-electron chi connectivity index (χ3n) is 4.79. The van der Waals surface area contributed by atoms with Gasteiger partial charge in [-0.05, 0) is 30.9 Å². The molecular formula is C16H27N5O. The van der Waals surface area contributed by atoms with Gasteiger partial charge in [0.25, 0.3) is 0 Å². The highest BCUT2D eigenvalue weighted by molar-refractivity contribution is 5.82.